The highest BCUT2D eigenvalue weighted by Crippen LogP contribution is 2.39. The molecule has 2 aliphatic rings. The van der Waals surface area contributed by atoms with Crippen LogP contribution in [-0.4, -0.2) is 23.6 Å². The van der Waals surface area contributed by atoms with Gasteiger partial charge in [0.2, 0.25) is 5.91 Å². The van der Waals surface area contributed by atoms with E-state index in [1.165, 1.54) is 4.90 Å². The van der Waals surface area contributed by atoms with Gasteiger partial charge in [-0.25, -0.2) is 4.90 Å². The van der Waals surface area contributed by atoms with E-state index in [2.05, 4.69) is 0 Å². The van der Waals surface area contributed by atoms with Crippen LogP contribution >= 0.6 is 11.6 Å². The van der Waals surface area contributed by atoms with Crippen molar-refractivity contribution in [2.24, 2.45) is 11.0 Å². The molecule has 6 heteroatoms. The average Bonchev–Trinajstić information content (AvgIpc) is 3.27. The van der Waals surface area contributed by atoms with Gasteiger partial charge in [-0.3, -0.25) is 14.6 Å². The normalized spacial score (nSPS) is 20.8. The van der Waals surface area contributed by atoms with Crippen LogP contribution < -0.4 is 9.91 Å². The molecule has 1 fully saturated rings. The second-order valence-electron chi connectivity index (χ2n) is 6.94. The highest BCUT2D eigenvalue weighted by atomic mass is 35.5. The summed E-state index contributed by atoms with van der Waals surface area (Å²) >= 11 is 5.98. The lowest BCUT2D eigenvalue weighted by atomic mass is 9.93. The number of carbonyl (C=O) groups excluding carboxylic acids is 2. The summed E-state index contributed by atoms with van der Waals surface area (Å²) in [4.78, 5) is 28.1. The zero-order valence-electron chi connectivity index (χ0n) is 15.3. The fraction of sp³-hybridized carbons (Fsp3) is 0.0870. The molecule has 0 aromatic heterocycles. The van der Waals surface area contributed by atoms with Crippen LogP contribution in [0.15, 0.2) is 90.0 Å². The molecule has 0 N–H and O–H groups in total. The van der Waals surface area contributed by atoms with Crippen LogP contribution in [0, 0.1) is 5.92 Å². The van der Waals surface area contributed by atoms with Crippen molar-refractivity contribution in [1.82, 2.24) is 0 Å². The number of halogens is 1. The number of fused-ring (bicyclic) bond motifs is 1. The summed E-state index contributed by atoms with van der Waals surface area (Å²) in [6.45, 7) is 0. The summed E-state index contributed by atoms with van der Waals surface area (Å²) in [7, 11) is 0. The Bertz CT molecular complexity index is 1110. The van der Waals surface area contributed by atoms with Gasteiger partial charge in [0.1, 0.15) is 12.0 Å². The van der Waals surface area contributed by atoms with Crippen LogP contribution in [-0.2, 0) is 9.59 Å². The van der Waals surface area contributed by atoms with E-state index in [1.807, 2.05) is 60.7 Å². The van der Waals surface area contributed by atoms with Crippen molar-refractivity contribution in [3.63, 3.8) is 0 Å². The Kier molecular flexibility index (Phi) is 4.18. The quantitative estimate of drug-likeness (QED) is 0.620. The number of rotatable bonds is 3. The molecule has 5 nitrogen and oxygen atoms in total. The number of hydrogen-bond acceptors (Lipinski definition) is 4. The van der Waals surface area contributed by atoms with Gasteiger partial charge in [0, 0.05) is 5.02 Å². The Hall–Kier alpha value is -3.44. The van der Waals surface area contributed by atoms with Crippen LogP contribution in [0.1, 0.15) is 5.56 Å². The van der Waals surface area contributed by atoms with Gasteiger partial charge in [-0.1, -0.05) is 60.1 Å². The standard InChI is InChI=1S/C23H16ClN3O2/c24-16-11-13-17(14-12-16)26-22(28)19-20(15-7-3-1-4-8-15)25-27(21(19)23(26)29)18-9-5-2-6-10-18/h1-14,19,21H/t19-,21+/m0/s1. The highest BCUT2D eigenvalue weighted by Gasteiger charge is 2.57. The maximum Gasteiger partial charge on any atom is 0.259 e. The molecule has 3 aromatic carbocycles. The molecule has 0 bridgehead atoms. The first-order valence-electron chi connectivity index (χ1n) is 9.27. The molecule has 5 rings (SSSR count). The maximum atomic E-state index is 13.4. The SMILES string of the molecule is O=C1[C@H]2C(c3ccccc3)=NN(c3ccccc3)[C@H]2C(=O)N1c1ccc(Cl)cc1. The molecule has 0 saturated carbocycles. The van der Waals surface area contributed by atoms with Crippen molar-refractivity contribution >= 4 is 40.5 Å². The zero-order valence-corrected chi connectivity index (χ0v) is 16.0. The Balaban J connectivity index is 1.63. The van der Waals surface area contributed by atoms with Crippen LogP contribution in [0.3, 0.4) is 0 Å². The first-order chi connectivity index (χ1) is 14.1. The fourth-order valence-corrected chi connectivity index (χ4v) is 4.03. The van der Waals surface area contributed by atoms with Crippen LogP contribution in [0.25, 0.3) is 0 Å². The van der Waals surface area contributed by atoms with E-state index >= 15 is 0 Å². The second kappa shape index (κ2) is 6.87. The zero-order chi connectivity index (χ0) is 20.0. The molecule has 2 atom stereocenters. The van der Waals surface area contributed by atoms with Gasteiger partial charge < -0.3 is 0 Å². The minimum Gasteiger partial charge on any atom is -0.273 e. The Labute approximate surface area is 172 Å². The largest absolute Gasteiger partial charge is 0.273 e. The number of hydrazone groups is 1. The summed E-state index contributed by atoms with van der Waals surface area (Å²) in [6, 6.07) is 25.0. The van der Waals surface area contributed by atoms with Crippen LogP contribution in [0.5, 0.6) is 0 Å². The topological polar surface area (TPSA) is 53.0 Å². The van der Waals surface area contributed by atoms with E-state index in [0.717, 1.165) is 11.3 Å². The van der Waals surface area contributed by atoms with Gasteiger partial charge in [-0.15, -0.1) is 0 Å². The summed E-state index contributed by atoms with van der Waals surface area (Å²) in [5.74, 6) is -1.23. The lowest BCUT2D eigenvalue weighted by Gasteiger charge is -2.22. The fourth-order valence-electron chi connectivity index (χ4n) is 3.90. The van der Waals surface area contributed by atoms with Gasteiger partial charge in [-0.05, 0) is 42.0 Å². The second-order valence-corrected chi connectivity index (χ2v) is 7.38. The van der Waals surface area contributed by atoms with Crippen LogP contribution in [0.2, 0.25) is 5.02 Å². The minimum absolute atomic E-state index is 0.275. The molecule has 0 spiro atoms. The smallest absolute Gasteiger partial charge is 0.259 e. The molecule has 29 heavy (non-hydrogen) atoms. The number of hydrogen-bond donors (Lipinski definition) is 0. The number of imide groups is 1. The van der Waals surface area contributed by atoms with Crippen molar-refractivity contribution in [2.45, 2.75) is 6.04 Å². The van der Waals surface area contributed by atoms with E-state index in [4.69, 9.17) is 16.7 Å². The van der Waals surface area contributed by atoms with E-state index in [9.17, 15) is 9.59 Å². The van der Waals surface area contributed by atoms with Crippen molar-refractivity contribution in [1.29, 1.82) is 0 Å². The van der Waals surface area contributed by atoms with E-state index in [0.29, 0.717) is 16.4 Å². The molecule has 0 aliphatic carbocycles. The van der Waals surface area contributed by atoms with Crippen molar-refractivity contribution in [3.05, 3.63) is 95.5 Å². The summed E-state index contributed by atoms with van der Waals surface area (Å²) in [5, 5.41) is 6.93. The Morgan fingerprint density at radius 3 is 2.00 bits per heavy atom. The monoisotopic (exact) mass is 401 g/mol. The highest BCUT2D eigenvalue weighted by molar-refractivity contribution is 6.34. The third-order valence-corrected chi connectivity index (χ3v) is 5.48. The number of benzene rings is 3. The predicted octanol–water partition coefficient (Wildman–Crippen LogP) is 4.12. The van der Waals surface area contributed by atoms with Crippen molar-refractivity contribution in [3.8, 4) is 0 Å². The van der Waals surface area contributed by atoms with Gasteiger partial charge in [0.15, 0.2) is 0 Å². The third-order valence-electron chi connectivity index (χ3n) is 5.22. The lowest BCUT2D eigenvalue weighted by Crippen LogP contribution is -2.39. The van der Waals surface area contributed by atoms with Crippen LogP contribution in [0.4, 0.5) is 11.4 Å². The van der Waals surface area contributed by atoms with Gasteiger partial charge in [0.25, 0.3) is 5.91 Å². The predicted molar refractivity (Wildman–Crippen MR) is 113 cm³/mol. The van der Waals surface area contributed by atoms with E-state index in [1.54, 1.807) is 29.3 Å². The van der Waals surface area contributed by atoms with Crippen molar-refractivity contribution < 1.29 is 9.59 Å². The molecule has 1 saturated heterocycles. The van der Waals surface area contributed by atoms with Gasteiger partial charge in [0.05, 0.1) is 17.1 Å². The molecule has 0 unspecified atom stereocenters. The Morgan fingerprint density at radius 2 is 1.34 bits per heavy atom. The molecule has 0 radical (unpaired) electrons. The molecular formula is C23H16ClN3O2. The van der Waals surface area contributed by atoms with Gasteiger partial charge >= 0.3 is 0 Å². The first kappa shape index (κ1) is 17.6. The molecular weight excluding hydrogens is 386 g/mol. The first-order valence-corrected chi connectivity index (χ1v) is 9.64. The molecule has 142 valence electrons. The number of amides is 2. The number of anilines is 2. The Morgan fingerprint density at radius 1 is 0.724 bits per heavy atom. The third kappa shape index (κ3) is 2.82. The molecule has 3 aromatic rings. The summed E-state index contributed by atoms with van der Waals surface area (Å²) in [6.07, 6.45) is 0. The number of para-hydroxylation sites is 1. The average molecular weight is 402 g/mol. The lowest BCUT2D eigenvalue weighted by molar-refractivity contribution is -0.121. The number of carbonyl (C=O) groups is 2. The maximum absolute atomic E-state index is 13.4. The molecule has 2 amide bonds. The van der Waals surface area contributed by atoms with E-state index < -0.39 is 12.0 Å². The minimum atomic E-state index is -0.712. The van der Waals surface area contributed by atoms with E-state index in [-0.39, 0.29) is 11.8 Å². The summed E-state index contributed by atoms with van der Waals surface area (Å²) < 4.78 is 0. The number of nitrogens with zero attached hydrogens (tertiary/aromatic N) is 3. The summed E-state index contributed by atoms with van der Waals surface area (Å²) in [5.41, 5.74) is 2.72. The van der Waals surface area contributed by atoms with Gasteiger partial charge in [-0.2, -0.15) is 5.10 Å². The van der Waals surface area contributed by atoms with Crippen molar-refractivity contribution in [2.75, 3.05) is 9.91 Å². The molecule has 2 aliphatic heterocycles. The molecule has 2 heterocycles.